The molecule has 168 valence electrons. The lowest BCUT2D eigenvalue weighted by molar-refractivity contribution is -0.126. The Morgan fingerprint density at radius 3 is 2.61 bits per heavy atom. The first-order chi connectivity index (χ1) is 15.0. The monoisotopic (exact) mass is 426 g/mol. The second kappa shape index (κ2) is 11.1. The molecule has 7 nitrogen and oxygen atoms in total. The molecular formula is C24H34N4O3. The first-order valence-corrected chi connectivity index (χ1v) is 11.3. The molecule has 0 saturated carbocycles. The summed E-state index contributed by atoms with van der Waals surface area (Å²) in [5.74, 6) is 0.364. The number of likely N-dealkylation sites (tertiary alicyclic amines) is 1. The van der Waals surface area contributed by atoms with E-state index in [1.54, 1.807) is 4.68 Å². The third kappa shape index (κ3) is 5.94. The first-order valence-electron chi connectivity index (χ1n) is 11.3. The van der Waals surface area contributed by atoms with Crippen molar-refractivity contribution in [2.75, 3.05) is 32.8 Å². The van der Waals surface area contributed by atoms with Gasteiger partial charge in [0.15, 0.2) is 0 Å². The van der Waals surface area contributed by atoms with Crippen molar-refractivity contribution in [3.63, 3.8) is 0 Å². The van der Waals surface area contributed by atoms with Crippen molar-refractivity contribution < 1.29 is 14.3 Å². The Morgan fingerprint density at radius 2 is 1.94 bits per heavy atom. The summed E-state index contributed by atoms with van der Waals surface area (Å²) in [4.78, 5) is 27.4. The van der Waals surface area contributed by atoms with Gasteiger partial charge in [0.05, 0.1) is 16.9 Å². The second-order valence-electron chi connectivity index (χ2n) is 8.17. The number of nitrogens with one attached hydrogen (secondary N) is 1. The Bertz CT molecular complexity index is 857. The van der Waals surface area contributed by atoms with Crippen LogP contribution in [0.1, 0.15) is 49.2 Å². The van der Waals surface area contributed by atoms with Crippen LogP contribution in [0.15, 0.2) is 36.5 Å². The predicted molar refractivity (Wildman–Crippen MR) is 120 cm³/mol. The van der Waals surface area contributed by atoms with Crippen molar-refractivity contribution in [2.24, 2.45) is 11.8 Å². The molecule has 0 unspecified atom stereocenters. The normalized spacial score (nSPS) is 15.6. The van der Waals surface area contributed by atoms with Crippen LogP contribution >= 0.6 is 0 Å². The van der Waals surface area contributed by atoms with E-state index in [4.69, 9.17) is 4.74 Å². The van der Waals surface area contributed by atoms with Gasteiger partial charge in [0, 0.05) is 45.0 Å². The Kier molecular flexibility index (Phi) is 8.23. The number of aryl methyl sites for hydroxylation is 1. The number of aromatic nitrogens is 2. The first kappa shape index (κ1) is 23.0. The Hall–Kier alpha value is -2.67. The van der Waals surface area contributed by atoms with E-state index in [1.807, 2.05) is 62.2 Å². The molecule has 1 aromatic carbocycles. The zero-order chi connectivity index (χ0) is 22.2. The SMILES string of the molecule is CCOCCCNC(=O)[C@@H](C)C1CCN(C(=O)c2cn(-c3ccccc3)nc2C)CC1. The highest BCUT2D eigenvalue weighted by molar-refractivity contribution is 5.95. The van der Waals surface area contributed by atoms with E-state index in [1.165, 1.54) is 0 Å². The number of para-hydroxylation sites is 1. The number of piperidine rings is 1. The summed E-state index contributed by atoms with van der Waals surface area (Å²) in [6.07, 6.45) is 4.32. The van der Waals surface area contributed by atoms with Crippen LogP contribution in [0, 0.1) is 18.8 Å². The maximum absolute atomic E-state index is 13.1. The molecule has 0 spiro atoms. The zero-order valence-corrected chi connectivity index (χ0v) is 18.8. The largest absolute Gasteiger partial charge is 0.382 e. The van der Waals surface area contributed by atoms with Crippen molar-refractivity contribution in [2.45, 2.75) is 40.0 Å². The van der Waals surface area contributed by atoms with Gasteiger partial charge in [-0.05, 0) is 51.2 Å². The molecule has 1 aliphatic heterocycles. The van der Waals surface area contributed by atoms with Crippen LogP contribution < -0.4 is 5.32 Å². The van der Waals surface area contributed by atoms with Crippen LogP contribution in [-0.4, -0.2) is 59.3 Å². The second-order valence-corrected chi connectivity index (χ2v) is 8.17. The number of ether oxygens (including phenoxy) is 1. The van der Waals surface area contributed by atoms with E-state index in [-0.39, 0.29) is 17.7 Å². The van der Waals surface area contributed by atoms with Crippen LogP contribution in [0.25, 0.3) is 5.69 Å². The molecule has 1 N–H and O–H groups in total. The van der Waals surface area contributed by atoms with E-state index in [9.17, 15) is 9.59 Å². The summed E-state index contributed by atoms with van der Waals surface area (Å²) in [7, 11) is 0. The molecule has 0 radical (unpaired) electrons. The van der Waals surface area contributed by atoms with Crippen LogP contribution in [0.4, 0.5) is 0 Å². The lowest BCUT2D eigenvalue weighted by atomic mass is 9.84. The van der Waals surface area contributed by atoms with E-state index in [2.05, 4.69) is 10.4 Å². The van der Waals surface area contributed by atoms with Crippen molar-refractivity contribution in [1.29, 1.82) is 0 Å². The summed E-state index contributed by atoms with van der Waals surface area (Å²) in [5, 5.41) is 7.53. The average molecular weight is 427 g/mol. The molecule has 1 aromatic heterocycles. The van der Waals surface area contributed by atoms with Crippen LogP contribution in [-0.2, 0) is 9.53 Å². The average Bonchev–Trinajstić information content (AvgIpc) is 3.20. The number of benzene rings is 1. The fourth-order valence-corrected chi connectivity index (χ4v) is 4.06. The molecular weight excluding hydrogens is 392 g/mol. The van der Waals surface area contributed by atoms with Gasteiger partial charge in [0.2, 0.25) is 5.91 Å². The highest BCUT2D eigenvalue weighted by Crippen LogP contribution is 2.26. The summed E-state index contributed by atoms with van der Waals surface area (Å²) in [6, 6.07) is 9.80. The quantitative estimate of drug-likeness (QED) is 0.625. The number of rotatable bonds is 9. The van der Waals surface area contributed by atoms with Gasteiger partial charge in [-0.2, -0.15) is 5.10 Å². The van der Waals surface area contributed by atoms with Gasteiger partial charge in [-0.3, -0.25) is 9.59 Å². The van der Waals surface area contributed by atoms with Gasteiger partial charge in [-0.15, -0.1) is 0 Å². The topological polar surface area (TPSA) is 76.5 Å². The molecule has 1 atom stereocenters. The molecule has 0 bridgehead atoms. The van der Waals surface area contributed by atoms with Crippen LogP contribution in [0.3, 0.4) is 0 Å². The highest BCUT2D eigenvalue weighted by Gasteiger charge is 2.31. The maximum atomic E-state index is 13.1. The van der Waals surface area contributed by atoms with E-state index in [0.29, 0.717) is 44.3 Å². The van der Waals surface area contributed by atoms with Gasteiger partial charge < -0.3 is 15.0 Å². The van der Waals surface area contributed by atoms with Crippen LogP contribution in [0.2, 0.25) is 0 Å². The third-order valence-electron chi connectivity index (χ3n) is 6.07. The summed E-state index contributed by atoms with van der Waals surface area (Å²) >= 11 is 0. The number of hydrogen-bond donors (Lipinski definition) is 1. The minimum absolute atomic E-state index is 0.0196. The maximum Gasteiger partial charge on any atom is 0.257 e. The fraction of sp³-hybridized carbons (Fsp3) is 0.542. The molecule has 3 rings (SSSR count). The van der Waals surface area contributed by atoms with Gasteiger partial charge in [-0.1, -0.05) is 25.1 Å². The summed E-state index contributed by atoms with van der Waals surface area (Å²) < 4.78 is 7.06. The lowest BCUT2D eigenvalue weighted by Gasteiger charge is -2.34. The smallest absolute Gasteiger partial charge is 0.257 e. The van der Waals surface area contributed by atoms with Crippen molar-refractivity contribution in [3.05, 3.63) is 47.8 Å². The minimum atomic E-state index is -0.0492. The number of nitrogens with zero attached hydrogens (tertiary/aromatic N) is 3. The number of hydrogen-bond acceptors (Lipinski definition) is 4. The van der Waals surface area contributed by atoms with Gasteiger partial charge in [0.25, 0.3) is 5.91 Å². The van der Waals surface area contributed by atoms with E-state index < -0.39 is 0 Å². The summed E-state index contributed by atoms with van der Waals surface area (Å²) in [6.45, 7) is 9.19. The molecule has 1 saturated heterocycles. The van der Waals surface area contributed by atoms with Gasteiger partial charge in [-0.25, -0.2) is 4.68 Å². The number of carbonyl (C=O) groups excluding carboxylic acids is 2. The molecule has 2 aromatic rings. The standard InChI is InChI=1S/C24H34N4O3/c1-4-31-16-8-13-25-23(29)18(2)20-11-14-27(15-12-20)24(30)22-17-28(26-19(22)3)21-9-6-5-7-10-21/h5-7,9-10,17-18,20H,4,8,11-16H2,1-3H3,(H,25,29)/t18-/m0/s1. The third-order valence-corrected chi connectivity index (χ3v) is 6.07. The Balaban J connectivity index is 1.51. The number of carbonyl (C=O) groups is 2. The highest BCUT2D eigenvalue weighted by atomic mass is 16.5. The van der Waals surface area contributed by atoms with Crippen molar-refractivity contribution in [3.8, 4) is 5.69 Å². The fourth-order valence-electron chi connectivity index (χ4n) is 4.06. The molecule has 2 heterocycles. The Labute approximate surface area is 184 Å². The summed E-state index contributed by atoms with van der Waals surface area (Å²) in [5.41, 5.74) is 2.31. The predicted octanol–water partition coefficient (Wildman–Crippen LogP) is 3.21. The molecule has 7 heteroatoms. The molecule has 31 heavy (non-hydrogen) atoms. The lowest BCUT2D eigenvalue weighted by Crippen LogP contribution is -2.43. The molecule has 1 aliphatic rings. The van der Waals surface area contributed by atoms with Crippen molar-refractivity contribution >= 4 is 11.8 Å². The molecule has 1 fully saturated rings. The molecule has 2 amide bonds. The van der Waals surface area contributed by atoms with Crippen LogP contribution in [0.5, 0.6) is 0 Å². The zero-order valence-electron chi connectivity index (χ0n) is 18.8. The number of amides is 2. The van der Waals surface area contributed by atoms with Gasteiger partial charge >= 0.3 is 0 Å². The minimum Gasteiger partial charge on any atom is -0.382 e. The van der Waals surface area contributed by atoms with E-state index in [0.717, 1.165) is 30.6 Å². The Morgan fingerprint density at radius 1 is 1.23 bits per heavy atom. The van der Waals surface area contributed by atoms with E-state index >= 15 is 0 Å². The van der Waals surface area contributed by atoms with Crippen molar-refractivity contribution in [1.82, 2.24) is 20.0 Å². The molecule has 0 aliphatic carbocycles. The van der Waals surface area contributed by atoms with Gasteiger partial charge in [0.1, 0.15) is 0 Å².